The summed E-state index contributed by atoms with van der Waals surface area (Å²) in [5.74, 6) is 0. The maximum absolute atomic E-state index is 12.7. The van der Waals surface area contributed by atoms with E-state index in [2.05, 4.69) is 14.6 Å². The number of benzene rings is 1. The molecule has 1 aliphatic heterocycles. The van der Waals surface area contributed by atoms with E-state index in [9.17, 15) is 35.9 Å². The molecule has 1 aromatic heterocycles. The topological polar surface area (TPSA) is 76.9 Å². The minimum absolute atomic E-state index is 0.0494. The van der Waals surface area contributed by atoms with Crippen molar-refractivity contribution in [3.63, 3.8) is 0 Å². The number of amides is 1. The quantitative estimate of drug-likeness (QED) is 0.419. The summed E-state index contributed by atoms with van der Waals surface area (Å²) in [5, 5.41) is 4.14. The van der Waals surface area contributed by atoms with Crippen LogP contribution >= 0.6 is 0 Å². The fourth-order valence-electron chi connectivity index (χ4n) is 3.60. The molecule has 1 amide bonds. The van der Waals surface area contributed by atoms with Gasteiger partial charge < -0.3 is 14.4 Å². The first-order chi connectivity index (χ1) is 16.4. The van der Waals surface area contributed by atoms with Gasteiger partial charge in [-0.15, -0.1) is 0 Å². The van der Waals surface area contributed by atoms with Crippen molar-refractivity contribution < 1.29 is 45.4 Å². The van der Waals surface area contributed by atoms with Gasteiger partial charge in [-0.1, -0.05) is 23.8 Å². The summed E-state index contributed by atoms with van der Waals surface area (Å²) >= 11 is 0. The van der Waals surface area contributed by atoms with Gasteiger partial charge in [0.25, 0.3) is 12.6 Å². The molecule has 0 bridgehead atoms. The standard InChI is InChI=1S/C21H22F6N4O4/c1-14-2-3-15(17(8-14)16-9-28-31(11-16)12-34-13-32)10-29-4-6-30(7-5-29)19(33)35-18(20(22,23)24)21(25,26)27/h2-3,8-9,11,13,18H,4-7,10,12H2,1H3. The number of alkyl halides is 6. The van der Waals surface area contributed by atoms with Crippen LogP contribution in [0.15, 0.2) is 30.6 Å². The molecule has 3 rings (SSSR count). The van der Waals surface area contributed by atoms with Crippen LogP contribution in [-0.4, -0.2) is 76.8 Å². The van der Waals surface area contributed by atoms with Crippen LogP contribution in [0.2, 0.25) is 0 Å². The zero-order valence-electron chi connectivity index (χ0n) is 18.5. The SMILES string of the molecule is Cc1ccc(CN2CCN(C(=O)OC(C(F)(F)F)C(F)(F)F)CC2)c(-c2cnn(COC=O)c2)c1. The van der Waals surface area contributed by atoms with E-state index < -0.39 is 24.5 Å². The summed E-state index contributed by atoms with van der Waals surface area (Å²) < 4.78 is 85.9. The Hall–Kier alpha value is -3.29. The van der Waals surface area contributed by atoms with Crippen molar-refractivity contribution in [2.45, 2.75) is 38.7 Å². The number of halogens is 6. The Balaban J connectivity index is 1.64. The molecule has 0 N–H and O–H groups in total. The first kappa shape index (κ1) is 26.3. The highest BCUT2D eigenvalue weighted by atomic mass is 19.4. The van der Waals surface area contributed by atoms with Gasteiger partial charge in [-0.2, -0.15) is 31.4 Å². The molecule has 14 heteroatoms. The van der Waals surface area contributed by atoms with E-state index in [4.69, 9.17) is 0 Å². The fraction of sp³-hybridized carbons (Fsp3) is 0.476. The first-order valence-electron chi connectivity index (χ1n) is 10.4. The molecular formula is C21H22F6N4O4. The van der Waals surface area contributed by atoms with Crippen LogP contribution < -0.4 is 0 Å². The Morgan fingerprint density at radius 1 is 1.11 bits per heavy atom. The number of aromatic nitrogens is 2. The first-order valence-corrected chi connectivity index (χ1v) is 10.4. The van der Waals surface area contributed by atoms with Gasteiger partial charge in [0, 0.05) is 44.5 Å². The Bertz CT molecular complexity index is 1020. The summed E-state index contributed by atoms with van der Waals surface area (Å²) in [4.78, 5) is 25.1. The van der Waals surface area contributed by atoms with Gasteiger partial charge >= 0.3 is 18.4 Å². The molecule has 1 fully saturated rings. The summed E-state index contributed by atoms with van der Waals surface area (Å²) in [6.07, 6.45) is -14.0. The molecule has 192 valence electrons. The molecular weight excluding hydrogens is 486 g/mol. The zero-order chi connectivity index (χ0) is 25.8. The van der Waals surface area contributed by atoms with Gasteiger partial charge in [-0.3, -0.25) is 9.69 Å². The van der Waals surface area contributed by atoms with Crippen LogP contribution in [0.1, 0.15) is 11.1 Å². The number of piperazine rings is 1. The number of aryl methyl sites for hydroxylation is 1. The van der Waals surface area contributed by atoms with Crippen LogP contribution in [0.5, 0.6) is 0 Å². The molecule has 1 aliphatic rings. The monoisotopic (exact) mass is 508 g/mol. The second-order valence-corrected chi connectivity index (χ2v) is 7.93. The minimum atomic E-state index is -5.76. The Kier molecular flexibility index (Phi) is 7.93. The van der Waals surface area contributed by atoms with E-state index in [1.54, 1.807) is 12.4 Å². The Labute approximate surface area is 196 Å². The van der Waals surface area contributed by atoms with Crippen LogP contribution in [0.3, 0.4) is 0 Å². The van der Waals surface area contributed by atoms with E-state index in [1.165, 1.54) is 4.68 Å². The Morgan fingerprint density at radius 3 is 2.37 bits per heavy atom. The lowest BCUT2D eigenvalue weighted by Crippen LogP contribution is -2.52. The Morgan fingerprint density at radius 2 is 1.77 bits per heavy atom. The number of hydrogen-bond donors (Lipinski definition) is 0. The molecule has 0 unspecified atom stereocenters. The van der Waals surface area contributed by atoms with Gasteiger partial charge in [0.2, 0.25) is 0 Å². The normalized spacial score (nSPS) is 15.4. The number of nitrogens with zero attached hydrogens (tertiary/aromatic N) is 4. The average Bonchev–Trinajstić information content (AvgIpc) is 3.25. The lowest BCUT2D eigenvalue weighted by molar-refractivity contribution is -0.308. The number of rotatable bonds is 7. The summed E-state index contributed by atoms with van der Waals surface area (Å²) in [6.45, 7) is 2.84. The van der Waals surface area contributed by atoms with E-state index in [0.29, 0.717) is 13.0 Å². The van der Waals surface area contributed by atoms with Crippen LogP contribution in [0.4, 0.5) is 31.1 Å². The predicted molar refractivity (Wildman–Crippen MR) is 109 cm³/mol. The van der Waals surface area contributed by atoms with E-state index in [0.717, 1.165) is 27.2 Å². The largest absolute Gasteiger partial charge is 0.445 e. The van der Waals surface area contributed by atoms with Crippen molar-refractivity contribution in [2.24, 2.45) is 0 Å². The third-order valence-electron chi connectivity index (χ3n) is 5.32. The third-order valence-corrected chi connectivity index (χ3v) is 5.32. The second-order valence-electron chi connectivity index (χ2n) is 7.93. The van der Waals surface area contributed by atoms with Gasteiger partial charge in [-0.05, 0) is 18.1 Å². The summed E-state index contributed by atoms with van der Waals surface area (Å²) in [7, 11) is 0. The molecule has 0 atom stereocenters. The molecule has 1 saturated heterocycles. The van der Waals surface area contributed by atoms with Crippen molar-refractivity contribution in [1.29, 1.82) is 0 Å². The summed E-state index contributed by atoms with van der Waals surface area (Å²) in [5.41, 5.74) is 3.52. The number of carbonyl (C=O) groups excluding carboxylic acids is 2. The highest BCUT2D eigenvalue weighted by Gasteiger charge is 2.60. The molecule has 0 saturated carbocycles. The molecule has 8 nitrogen and oxygen atoms in total. The average molecular weight is 508 g/mol. The molecule has 2 heterocycles. The highest BCUT2D eigenvalue weighted by Crippen LogP contribution is 2.36. The number of hydrogen-bond acceptors (Lipinski definition) is 6. The smallest absolute Gasteiger partial charge is 0.434 e. The van der Waals surface area contributed by atoms with Crippen LogP contribution in [-0.2, 0) is 27.5 Å². The number of ether oxygens (including phenoxy) is 2. The van der Waals surface area contributed by atoms with Gasteiger partial charge in [0.15, 0.2) is 6.73 Å². The van der Waals surface area contributed by atoms with Crippen LogP contribution in [0, 0.1) is 6.92 Å². The van der Waals surface area contributed by atoms with Crippen molar-refractivity contribution in [3.8, 4) is 11.1 Å². The predicted octanol–water partition coefficient (Wildman–Crippen LogP) is 3.74. The third kappa shape index (κ3) is 6.87. The second kappa shape index (κ2) is 10.5. The molecule has 2 aromatic rings. The molecule has 0 aliphatic carbocycles. The lowest BCUT2D eigenvalue weighted by Gasteiger charge is -2.35. The fourth-order valence-corrected chi connectivity index (χ4v) is 3.60. The van der Waals surface area contributed by atoms with Gasteiger partial charge in [0.05, 0.1) is 6.20 Å². The minimum Gasteiger partial charge on any atom is -0.445 e. The summed E-state index contributed by atoms with van der Waals surface area (Å²) in [6, 6.07) is 5.75. The van der Waals surface area contributed by atoms with Gasteiger partial charge in [-0.25, -0.2) is 9.48 Å². The maximum atomic E-state index is 12.7. The number of carbonyl (C=O) groups is 2. The zero-order valence-corrected chi connectivity index (χ0v) is 18.5. The molecule has 0 spiro atoms. The molecule has 35 heavy (non-hydrogen) atoms. The van der Waals surface area contributed by atoms with Crippen molar-refractivity contribution in [1.82, 2.24) is 19.6 Å². The van der Waals surface area contributed by atoms with Crippen molar-refractivity contribution in [3.05, 3.63) is 41.7 Å². The van der Waals surface area contributed by atoms with E-state index >= 15 is 0 Å². The molecule has 1 aromatic carbocycles. The van der Waals surface area contributed by atoms with Crippen molar-refractivity contribution in [2.75, 3.05) is 26.2 Å². The maximum Gasteiger partial charge on any atom is 0.434 e. The van der Waals surface area contributed by atoms with Gasteiger partial charge in [0.1, 0.15) is 0 Å². The van der Waals surface area contributed by atoms with E-state index in [1.807, 2.05) is 30.0 Å². The molecule has 0 radical (unpaired) electrons. The van der Waals surface area contributed by atoms with Crippen molar-refractivity contribution >= 4 is 12.6 Å². The van der Waals surface area contributed by atoms with E-state index in [-0.39, 0.29) is 32.9 Å². The lowest BCUT2D eigenvalue weighted by atomic mass is 9.99. The van der Waals surface area contributed by atoms with Crippen LogP contribution in [0.25, 0.3) is 11.1 Å². The highest BCUT2D eigenvalue weighted by molar-refractivity contribution is 5.68.